The summed E-state index contributed by atoms with van der Waals surface area (Å²) in [5.74, 6) is 0.667. The third-order valence-electron chi connectivity index (χ3n) is 7.31. The molecule has 1 unspecified atom stereocenters. The average molecular weight is 425 g/mol. The number of fused-ring (bicyclic) bond motifs is 1. The Hall–Kier alpha value is -2.34. The first-order valence-electron chi connectivity index (χ1n) is 13.1. The Morgan fingerprint density at radius 3 is 1.84 bits per heavy atom. The number of benzene rings is 3. The van der Waals surface area contributed by atoms with Crippen molar-refractivity contribution in [2.75, 3.05) is 0 Å². The highest BCUT2D eigenvalue weighted by molar-refractivity contribution is 5.65. The molecule has 4 rings (SSSR count). The molecule has 168 valence electrons. The quantitative estimate of drug-likeness (QED) is 0.285. The van der Waals surface area contributed by atoms with Crippen molar-refractivity contribution in [2.45, 2.75) is 90.4 Å². The van der Waals surface area contributed by atoms with E-state index in [9.17, 15) is 0 Å². The number of rotatable bonds is 10. The van der Waals surface area contributed by atoms with Crippen LogP contribution in [0.25, 0.3) is 11.1 Å². The molecule has 3 aromatic carbocycles. The Balaban J connectivity index is 1.39. The fraction of sp³-hybridized carbons (Fsp3) is 0.438. The van der Waals surface area contributed by atoms with E-state index in [0.717, 1.165) is 0 Å². The summed E-state index contributed by atoms with van der Waals surface area (Å²) in [7, 11) is 0. The van der Waals surface area contributed by atoms with E-state index in [-0.39, 0.29) is 0 Å². The van der Waals surface area contributed by atoms with Gasteiger partial charge in [-0.15, -0.1) is 0 Å². The lowest BCUT2D eigenvalue weighted by molar-refractivity contribution is 0.585. The fourth-order valence-corrected chi connectivity index (χ4v) is 5.20. The second-order valence-electron chi connectivity index (χ2n) is 9.78. The summed E-state index contributed by atoms with van der Waals surface area (Å²) in [6.07, 6.45) is 14.0. The van der Waals surface area contributed by atoms with E-state index in [2.05, 4.69) is 80.6 Å². The molecule has 1 aliphatic rings. The fourth-order valence-electron chi connectivity index (χ4n) is 5.20. The van der Waals surface area contributed by atoms with Crippen molar-refractivity contribution in [3.63, 3.8) is 0 Å². The van der Waals surface area contributed by atoms with Crippen LogP contribution in [0, 0.1) is 0 Å². The van der Waals surface area contributed by atoms with E-state index in [1.807, 2.05) is 0 Å². The highest BCUT2D eigenvalue weighted by atomic mass is 14.2. The monoisotopic (exact) mass is 424 g/mol. The molecule has 3 aromatic rings. The highest BCUT2D eigenvalue weighted by Crippen LogP contribution is 2.35. The zero-order valence-corrected chi connectivity index (χ0v) is 20.2. The lowest BCUT2D eigenvalue weighted by Gasteiger charge is -2.26. The van der Waals surface area contributed by atoms with Gasteiger partial charge in [-0.2, -0.15) is 0 Å². The Morgan fingerprint density at radius 1 is 0.625 bits per heavy atom. The van der Waals surface area contributed by atoms with Crippen LogP contribution in [0.1, 0.15) is 92.5 Å². The summed E-state index contributed by atoms with van der Waals surface area (Å²) in [6.45, 7) is 4.55. The van der Waals surface area contributed by atoms with Crippen molar-refractivity contribution in [1.29, 1.82) is 0 Å². The van der Waals surface area contributed by atoms with E-state index >= 15 is 0 Å². The summed E-state index contributed by atoms with van der Waals surface area (Å²) >= 11 is 0. The summed E-state index contributed by atoms with van der Waals surface area (Å²) in [5.41, 5.74) is 10.3. The number of aryl methyl sites for hydroxylation is 3. The molecule has 0 heterocycles. The van der Waals surface area contributed by atoms with E-state index < -0.39 is 0 Å². The van der Waals surface area contributed by atoms with Gasteiger partial charge in [-0.05, 0) is 89.8 Å². The summed E-state index contributed by atoms with van der Waals surface area (Å²) in [4.78, 5) is 0. The van der Waals surface area contributed by atoms with Gasteiger partial charge in [0, 0.05) is 0 Å². The van der Waals surface area contributed by atoms with E-state index in [4.69, 9.17) is 0 Å². The van der Waals surface area contributed by atoms with Gasteiger partial charge < -0.3 is 0 Å². The number of hydrogen-bond donors (Lipinski definition) is 0. The molecule has 0 fully saturated rings. The molecule has 0 amide bonds. The summed E-state index contributed by atoms with van der Waals surface area (Å²) in [6, 6.07) is 26.0. The van der Waals surface area contributed by atoms with Crippen LogP contribution >= 0.6 is 0 Å². The molecule has 0 nitrogen and oxygen atoms in total. The average Bonchev–Trinajstić information content (AvgIpc) is 2.85. The van der Waals surface area contributed by atoms with Crippen LogP contribution in [0.2, 0.25) is 0 Å². The normalized spacial score (nSPS) is 15.5. The Bertz CT molecular complexity index is 962. The van der Waals surface area contributed by atoms with Crippen LogP contribution in [0.5, 0.6) is 0 Å². The maximum atomic E-state index is 2.45. The highest BCUT2D eigenvalue weighted by Gasteiger charge is 2.20. The molecule has 0 saturated carbocycles. The van der Waals surface area contributed by atoms with Gasteiger partial charge in [-0.3, -0.25) is 0 Å². The topological polar surface area (TPSA) is 0 Å². The predicted molar refractivity (Wildman–Crippen MR) is 140 cm³/mol. The molecule has 0 aliphatic heterocycles. The molecule has 0 saturated heterocycles. The van der Waals surface area contributed by atoms with Gasteiger partial charge in [0.1, 0.15) is 0 Å². The van der Waals surface area contributed by atoms with E-state index in [0.29, 0.717) is 5.92 Å². The Morgan fingerprint density at radius 2 is 1.22 bits per heavy atom. The zero-order chi connectivity index (χ0) is 22.2. The first-order valence-corrected chi connectivity index (χ1v) is 13.1. The summed E-state index contributed by atoms with van der Waals surface area (Å²) < 4.78 is 0. The van der Waals surface area contributed by atoms with Crippen LogP contribution in [-0.4, -0.2) is 0 Å². The van der Waals surface area contributed by atoms with Gasteiger partial charge >= 0.3 is 0 Å². The molecule has 1 aliphatic carbocycles. The largest absolute Gasteiger partial charge is 0.0654 e. The molecule has 0 N–H and O–H groups in total. The summed E-state index contributed by atoms with van der Waals surface area (Å²) in [5, 5.41) is 0. The van der Waals surface area contributed by atoms with E-state index in [1.54, 1.807) is 11.1 Å². The maximum absolute atomic E-state index is 2.45. The molecule has 1 atom stereocenters. The number of unbranched alkanes of at least 4 members (excludes halogenated alkanes) is 4. The van der Waals surface area contributed by atoms with Crippen molar-refractivity contribution in [1.82, 2.24) is 0 Å². The van der Waals surface area contributed by atoms with Gasteiger partial charge in [0.05, 0.1) is 0 Å². The second-order valence-corrected chi connectivity index (χ2v) is 9.78. The van der Waals surface area contributed by atoms with Crippen molar-refractivity contribution >= 4 is 0 Å². The van der Waals surface area contributed by atoms with Crippen LogP contribution in [0.4, 0.5) is 0 Å². The van der Waals surface area contributed by atoms with Gasteiger partial charge in [0.15, 0.2) is 0 Å². The van der Waals surface area contributed by atoms with Crippen LogP contribution in [-0.2, 0) is 25.7 Å². The lowest BCUT2D eigenvalue weighted by atomic mass is 9.79. The molecule has 0 aromatic heterocycles. The molecular formula is C32H40. The Kier molecular flexibility index (Phi) is 8.21. The third kappa shape index (κ3) is 5.91. The molecule has 0 bridgehead atoms. The molecular weight excluding hydrogens is 384 g/mol. The van der Waals surface area contributed by atoms with Crippen LogP contribution in [0.15, 0.2) is 66.7 Å². The van der Waals surface area contributed by atoms with Crippen molar-refractivity contribution < 1.29 is 0 Å². The first kappa shape index (κ1) is 22.8. The van der Waals surface area contributed by atoms with Gasteiger partial charge in [0.2, 0.25) is 0 Å². The second kappa shape index (κ2) is 11.5. The minimum atomic E-state index is 0.667. The molecule has 0 spiro atoms. The standard InChI is InChI=1S/C32H40/c1-3-5-7-9-25-11-15-27(16-12-25)29-19-21-32-24-30(20-22-31(32)23-29)28-17-13-26(14-18-28)10-8-6-4-2/h11-19,21,23,30H,3-10,20,22,24H2,1-2H3. The van der Waals surface area contributed by atoms with Gasteiger partial charge in [0.25, 0.3) is 0 Å². The Labute approximate surface area is 196 Å². The van der Waals surface area contributed by atoms with Crippen LogP contribution < -0.4 is 0 Å². The van der Waals surface area contributed by atoms with Crippen molar-refractivity contribution in [3.05, 3.63) is 94.5 Å². The minimum Gasteiger partial charge on any atom is -0.0654 e. The smallest absolute Gasteiger partial charge is 0.0118 e. The zero-order valence-electron chi connectivity index (χ0n) is 20.2. The first-order chi connectivity index (χ1) is 15.8. The van der Waals surface area contributed by atoms with E-state index in [1.165, 1.54) is 98.4 Å². The van der Waals surface area contributed by atoms with Gasteiger partial charge in [-0.1, -0.05) is 106 Å². The maximum Gasteiger partial charge on any atom is -0.0118 e. The third-order valence-corrected chi connectivity index (χ3v) is 7.31. The molecule has 0 heteroatoms. The lowest BCUT2D eigenvalue weighted by Crippen LogP contribution is -2.13. The van der Waals surface area contributed by atoms with Crippen molar-refractivity contribution in [3.8, 4) is 11.1 Å². The number of hydrogen-bond acceptors (Lipinski definition) is 0. The predicted octanol–water partition coefficient (Wildman–Crippen LogP) is 9.09. The van der Waals surface area contributed by atoms with Crippen LogP contribution in [0.3, 0.4) is 0 Å². The molecule has 32 heavy (non-hydrogen) atoms. The molecule has 0 radical (unpaired) electrons. The SMILES string of the molecule is CCCCCc1ccc(-c2ccc3c(c2)CCC(c2ccc(CCCCC)cc2)C3)cc1. The van der Waals surface area contributed by atoms with Crippen molar-refractivity contribution in [2.24, 2.45) is 0 Å². The van der Waals surface area contributed by atoms with Gasteiger partial charge in [-0.25, -0.2) is 0 Å². The minimum absolute atomic E-state index is 0.667.